The van der Waals surface area contributed by atoms with Crippen molar-refractivity contribution in [2.75, 3.05) is 19.2 Å². The quantitative estimate of drug-likeness (QED) is 0.402. The number of para-hydroxylation sites is 1. The zero-order valence-corrected chi connectivity index (χ0v) is 18.8. The van der Waals surface area contributed by atoms with Gasteiger partial charge in [-0.3, -0.25) is 5.01 Å². The van der Waals surface area contributed by atoms with Gasteiger partial charge in [0, 0.05) is 17.0 Å². The second-order valence-electron chi connectivity index (χ2n) is 7.10. The van der Waals surface area contributed by atoms with Crippen LogP contribution >= 0.6 is 23.2 Å². The molecule has 31 heavy (non-hydrogen) atoms. The Morgan fingerprint density at radius 2 is 1.71 bits per heavy atom. The fourth-order valence-electron chi connectivity index (χ4n) is 3.61. The van der Waals surface area contributed by atoms with Crippen LogP contribution in [0.2, 0.25) is 10.0 Å². The number of ether oxygens (including phenoxy) is 2. The summed E-state index contributed by atoms with van der Waals surface area (Å²) in [7, 11) is 3.34. The molecule has 6 heteroatoms. The summed E-state index contributed by atoms with van der Waals surface area (Å²) in [6.07, 6.45) is 4.80. The first-order chi connectivity index (χ1) is 15.1. The first-order valence-corrected chi connectivity index (χ1v) is 10.6. The van der Waals surface area contributed by atoms with E-state index in [-0.39, 0.29) is 6.04 Å². The fourth-order valence-corrected chi connectivity index (χ4v) is 4.11. The number of halogens is 2. The Bertz CT molecular complexity index is 1130. The number of nitrogens with zero attached hydrogens (tertiary/aromatic N) is 2. The average molecular weight is 453 g/mol. The van der Waals surface area contributed by atoms with Crippen molar-refractivity contribution >= 4 is 40.7 Å². The van der Waals surface area contributed by atoms with Gasteiger partial charge >= 0.3 is 0 Å². The average Bonchev–Trinajstić information content (AvgIpc) is 3.21. The van der Waals surface area contributed by atoms with Crippen LogP contribution in [0.1, 0.15) is 23.6 Å². The summed E-state index contributed by atoms with van der Waals surface area (Å²) < 4.78 is 10.8. The number of hydrogen-bond donors (Lipinski definition) is 0. The molecule has 0 N–H and O–H groups in total. The molecule has 0 amide bonds. The Labute approximate surface area is 192 Å². The molecule has 1 aliphatic heterocycles. The molecule has 0 bridgehead atoms. The number of methoxy groups -OCH3 is 2. The highest BCUT2D eigenvalue weighted by Crippen LogP contribution is 2.42. The largest absolute Gasteiger partial charge is 0.497 e. The van der Waals surface area contributed by atoms with Gasteiger partial charge in [0.05, 0.1) is 36.7 Å². The van der Waals surface area contributed by atoms with Crippen LogP contribution in [0.5, 0.6) is 11.5 Å². The number of benzene rings is 3. The van der Waals surface area contributed by atoms with Crippen molar-refractivity contribution in [3.63, 3.8) is 0 Å². The zero-order valence-electron chi connectivity index (χ0n) is 17.3. The Hall–Kier alpha value is -2.95. The lowest BCUT2D eigenvalue weighted by Gasteiger charge is -2.26. The van der Waals surface area contributed by atoms with Crippen molar-refractivity contribution in [1.29, 1.82) is 0 Å². The van der Waals surface area contributed by atoms with Gasteiger partial charge < -0.3 is 9.47 Å². The molecule has 3 aromatic rings. The third kappa shape index (κ3) is 4.71. The van der Waals surface area contributed by atoms with E-state index in [2.05, 4.69) is 6.07 Å². The lowest BCUT2D eigenvalue weighted by molar-refractivity contribution is 0.405. The lowest BCUT2D eigenvalue weighted by Crippen LogP contribution is -2.19. The van der Waals surface area contributed by atoms with E-state index in [9.17, 15) is 0 Å². The molecule has 0 saturated carbocycles. The highest BCUT2D eigenvalue weighted by Gasteiger charge is 2.31. The van der Waals surface area contributed by atoms with Crippen LogP contribution in [0.4, 0.5) is 5.69 Å². The molecule has 0 saturated heterocycles. The van der Waals surface area contributed by atoms with Crippen LogP contribution in [0, 0.1) is 0 Å². The number of allylic oxidation sites excluding steroid dienone is 1. The standard InChI is InChI=1S/C25H22Cl2N2O2/c1-30-20-12-8-17(9-13-20)7-11-19-16-24(21-5-3-4-6-25(21)31-2)29(28-19)23-14-10-18(26)15-22(23)27/h3-15,24H,16H2,1-2H3. The lowest BCUT2D eigenvalue weighted by atomic mass is 10.00. The third-order valence-corrected chi connectivity index (χ3v) is 5.71. The van der Waals surface area contributed by atoms with Crippen molar-refractivity contribution in [1.82, 2.24) is 0 Å². The summed E-state index contributed by atoms with van der Waals surface area (Å²) in [5.74, 6) is 1.65. The monoisotopic (exact) mass is 452 g/mol. The maximum Gasteiger partial charge on any atom is 0.124 e. The van der Waals surface area contributed by atoms with E-state index in [4.69, 9.17) is 37.8 Å². The number of rotatable bonds is 6. The molecule has 1 atom stereocenters. The molecular formula is C25H22Cl2N2O2. The van der Waals surface area contributed by atoms with Crippen LogP contribution in [0.15, 0.2) is 77.9 Å². The van der Waals surface area contributed by atoms with Gasteiger partial charge in [-0.25, -0.2) is 0 Å². The molecule has 1 aliphatic rings. The SMILES string of the molecule is COc1ccc(C=CC2=NN(c3ccc(Cl)cc3Cl)C(c3ccccc3OC)C2)cc1. The van der Waals surface area contributed by atoms with Gasteiger partial charge in [0.15, 0.2) is 0 Å². The van der Waals surface area contributed by atoms with Crippen LogP contribution < -0.4 is 14.5 Å². The van der Waals surface area contributed by atoms with Gasteiger partial charge in [0.1, 0.15) is 11.5 Å². The van der Waals surface area contributed by atoms with Crippen molar-refractivity contribution < 1.29 is 9.47 Å². The summed E-state index contributed by atoms with van der Waals surface area (Å²) in [4.78, 5) is 0. The summed E-state index contributed by atoms with van der Waals surface area (Å²) in [6, 6.07) is 21.3. The van der Waals surface area contributed by atoms with Gasteiger partial charge in [-0.05, 0) is 48.0 Å². The molecule has 0 aromatic heterocycles. The van der Waals surface area contributed by atoms with Crippen molar-refractivity contribution in [2.45, 2.75) is 12.5 Å². The number of hydrazone groups is 1. The Kier molecular flexibility index (Phi) is 6.50. The van der Waals surface area contributed by atoms with Crippen molar-refractivity contribution in [3.05, 3.63) is 94.0 Å². The molecule has 1 heterocycles. The highest BCUT2D eigenvalue weighted by atomic mass is 35.5. The molecule has 158 valence electrons. The van der Waals surface area contributed by atoms with E-state index >= 15 is 0 Å². The molecule has 0 fully saturated rings. The van der Waals surface area contributed by atoms with Gasteiger partial charge in [-0.1, -0.05) is 59.6 Å². The van der Waals surface area contributed by atoms with Crippen LogP contribution in [-0.2, 0) is 0 Å². The smallest absolute Gasteiger partial charge is 0.124 e. The summed E-state index contributed by atoms with van der Waals surface area (Å²) in [5.41, 5.74) is 3.86. The number of anilines is 1. The van der Waals surface area contributed by atoms with E-state index in [1.165, 1.54) is 0 Å². The van der Waals surface area contributed by atoms with Gasteiger partial charge in [-0.2, -0.15) is 5.10 Å². The van der Waals surface area contributed by atoms with E-state index in [1.807, 2.05) is 71.8 Å². The third-order valence-electron chi connectivity index (χ3n) is 5.17. The van der Waals surface area contributed by atoms with Crippen LogP contribution in [0.3, 0.4) is 0 Å². The molecule has 4 nitrogen and oxygen atoms in total. The molecule has 0 radical (unpaired) electrons. The Morgan fingerprint density at radius 1 is 0.935 bits per heavy atom. The minimum atomic E-state index is -0.0506. The minimum absolute atomic E-state index is 0.0506. The molecule has 4 rings (SSSR count). The highest BCUT2D eigenvalue weighted by molar-refractivity contribution is 6.36. The zero-order chi connectivity index (χ0) is 21.8. The Morgan fingerprint density at radius 3 is 2.42 bits per heavy atom. The maximum atomic E-state index is 6.53. The molecule has 0 aliphatic carbocycles. The predicted molar refractivity (Wildman–Crippen MR) is 129 cm³/mol. The van der Waals surface area contributed by atoms with Crippen LogP contribution in [-0.4, -0.2) is 19.9 Å². The summed E-state index contributed by atoms with van der Waals surface area (Å²) >= 11 is 12.6. The second-order valence-corrected chi connectivity index (χ2v) is 7.94. The number of hydrogen-bond acceptors (Lipinski definition) is 4. The molecule has 1 unspecified atom stereocenters. The second kappa shape index (κ2) is 9.46. The predicted octanol–water partition coefficient (Wildman–Crippen LogP) is 7.03. The topological polar surface area (TPSA) is 34.1 Å². The van der Waals surface area contributed by atoms with E-state index in [1.54, 1.807) is 20.3 Å². The molecule has 3 aromatic carbocycles. The molecular weight excluding hydrogens is 431 g/mol. The van der Waals surface area contributed by atoms with Gasteiger partial charge in [0.2, 0.25) is 0 Å². The summed E-state index contributed by atoms with van der Waals surface area (Å²) in [6.45, 7) is 0. The van der Waals surface area contributed by atoms with E-state index in [0.717, 1.165) is 34.0 Å². The van der Waals surface area contributed by atoms with E-state index < -0.39 is 0 Å². The van der Waals surface area contributed by atoms with Crippen LogP contribution in [0.25, 0.3) is 6.08 Å². The Balaban J connectivity index is 1.69. The van der Waals surface area contributed by atoms with Crippen molar-refractivity contribution in [3.8, 4) is 11.5 Å². The first-order valence-electron chi connectivity index (χ1n) is 9.86. The van der Waals surface area contributed by atoms with E-state index in [0.29, 0.717) is 16.5 Å². The maximum absolute atomic E-state index is 6.53. The van der Waals surface area contributed by atoms with Gasteiger partial charge in [-0.15, -0.1) is 0 Å². The first kappa shape index (κ1) is 21.3. The molecule has 0 spiro atoms. The van der Waals surface area contributed by atoms with Gasteiger partial charge in [0.25, 0.3) is 0 Å². The van der Waals surface area contributed by atoms with Crippen molar-refractivity contribution in [2.24, 2.45) is 5.10 Å². The normalized spacial score (nSPS) is 15.9. The fraction of sp³-hybridized carbons (Fsp3) is 0.160. The summed E-state index contributed by atoms with van der Waals surface area (Å²) in [5, 5.41) is 7.98. The minimum Gasteiger partial charge on any atom is -0.497 e.